The van der Waals surface area contributed by atoms with Crippen LogP contribution in [0.1, 0.15) is 31.2 Å². The van der Waals surface area contributed by atoms with Gasteiger partial charge in [0.1, 0.15) is 0 Å². The largest absolute Gasteiger partial charge is 0.399 e. The van der Waals surface area contributed by atoms with Crippen LogP contribution in [0.5, 0.6) is 0 Å². The van der Waals surface area contributed by atoms with E-state index in [-0.39, 0.29) is 0 Å². The second-order valence-corrected chi connectivity index (χ2v) is 4.25. The minimum atomic E-state index is 0.542. The van der Waals surface area contributed by atoms with Gasteiger partial charge in [-0.15, -0.1) is 0 Å². The fourth-order valence-electron chi connectivity index (χ4n) is 2.21. The smallest absolute Gasteiger partial charge is 0.0389 e. The third-order valence-electron chi connectivity index (χ3n) is 3.06. The standard InChI is InChI=1S/C12H19N3/c13-8-9-7-10(14)5-6-12(9)15-11-3-1-2-4-11/h5-7,11,15H,1-4,8,13-14H2. The van der Waals surface area contributed by atoms with E-state index in [0.717, 1.165) is 16.9 Å². The first kappa shape index (κ1) is 10.3. The van der Waals surface area contributed by atoms with Crippen molar-refractivity contribution in [3.63, 3.8) is 0 Å². The summed E-state index contributed by atoms with van der Waals surface area (Å²) >= 11 is 0. The Kier molecular flexibility index (Phi) is 3.11. The van der Waals surface area contributed by atoms with Crippen LogP contribution in [0.15, 0.2) is 18.2 Å². The monoisotopic (exact) mass is 205 g/mol. The Morgan fingerprint density at radius 2 is 2.00 bits per heavy atom. The van der Waals surface area contributed by atoms with Crippen LogP contribution in [0, 0.1) is 0 Å². The molecule has 82 valence electrons. The minimum absolute atomic E-state index is 0.542. The molecular formula is C12H19N3. The third kappa shape index (κ3) is 2.42. The molecule has 0 atom stereocenters. The molecule has 0 radical (unpaired) electrons. The Morgan fingerprint density at radius 3 is 2.67 bits per heavy atom. The summed E-state index contributed by atoms with van der Waals surface area (Å²) in [5, 5.41) is 3.55. The molecule has 3 nitrogen and oxygen atoms in total. The van der Waals surface area contributed by atoms with Gasteiger partial charge in [-0.05, 0) is 36.6 Å². The molecule has 0 aliphatic heterocycles. The normalized spacial score (nSPS) is 16.9. The molecule has 1 fully saturated rings. The predicted molar refractivity (Wildman–Crippen MR) is 64.6 cm³/mol. The van der Waals surface area contributed by atoms with E-state index in [0.29, 0.717) is 12.6 Å². The van der Waals surface area contributed by atoms with Gasteiger partial charge in [0.15, 0.2) is 0 Å². The van der Waals surface area contributed by atoms with Gasteiger partial charge in [0.2, 0.25) is 0 Å². The maximum Gasteiger partial charge on any atom is 0.0389 e. The molecule has 1 aromatic carbocycles. The molecule has 0 saturated heterocycles. The summed E-state index contributed by atoms with van der Waals surface area (Å²) in [5.41, 5.74) is 14.5. The van der Waals surface area contributed by atoms with Gasteiger partial charge in [0.05, 0.1) is 0 Å². The van der Waals surface area contributed by atoms with Gasteiger partial charge in [0, 0.05) is 24.0 Å². The second-order valence-electron chi connectivity index (χ2n) is 4.25. The van der Waals surface area contributed by atoms with Gasteiger partial charge in [-0.1, -0.05) is 12.8 Å². The molecule has 0 spiro atoms. The van der Waals surface area contributed by atoms with Crippen LogP contribution >= 0.6 is 0 Å². The molecule has 1 aliphatic carbocycles. The maximum absolute atomic E-state index is 5.73. The van der Waals surface area contributed by atoms with E-state index < -0.39 is 0 Å². The number of anilines is 2. The Bertz CT molecular complexity index is 330. The van der Waals surface area contributed by atoms with Gasteiger partial charge in [-0.25, -0.2) is 0 Å². The zero-order valence-electron chi connectivity index (χ0n) is 9.00. The number of nitrogens with two attached hydrogens (primary N) is 2. The fourth-order valence-corrected chi connectivity index (χ4v) is 2.21. The number of hydrogen-bond donors (Lipinski definition) is 3. The number of rotatable bonds is 3. The highest BCUT2D eigenvalue weighted by Crippen LogP contribution is 2.25. The number of benzene rings is 1. The average Bonchev–Trinajstić information content (AvgIpc) is 2.73. The van der Waals surface area contributed by atoms with Crippen LogP contribution in [0.25, 0.3) is 0 Å². The van der Waals surface area contributed by atoms with E-state index in [9.17, 15) is 0 Å². The summed E-state index contributed by atoms with van der Waals surface area (Å²) < 4.78 is 0. The molecular weight excluding hydrogens is 186 g/mol. The van der Waals surface area contributed by atoms with Crippen molar-refractivity contribution in [3.05, 3.63) is 23.8 Å². The number of hydrogen-bond acceptors (Lipinski definition) is 3. The predicted octanol–water partition coefficient (Wildman–Crippen LogP) is 2.08. The molecule has 0 aromatic heterocycles. The average molecular weight is 205 g/mol. The Hall–Kier alpha value is -1.22. The van der Waals surface area contributed by atoms with Crippen molar-refractivity contribution in [2.45, 2.75) is 38.3 Å². The van der Waals surface area contributed by atoms with Gasteiger partial charge < -0.3 is 16.8 Å². The molecule has 0 heterocycles. The molecule has 2 rings (SSSR count). The summed E-state index contributed by atoms with van der Waals surface area (Å²) in [7, 11) is 0. The SMILES string of the molecule is NCc1cc(N)ccc1NC1CCCC1. The lowest BCUT2D eigenvalue weighted by molar-refractivity contribution is 0.753. The Labute approximate surface area is 90.8 Å². The summed E-state index contributed by atoms with van der Waals surface area (Å²) in [5.74, 6) is 0. The molecule has 3 heteroatoms. The summed E-state index contributed by atoms with van der Waals surface area (Å²) in [6, 6.07) is 6.54. The van der Waals surface area contributed by atoms with Crippen molar-refractivity contribution in [1.29, 1.82) is 0 Å². The van der Waals surface area contributed by atoms with Crippen molar-refractivity contribution in [2.24, 2.45) is 5.73 Å². The van der Waals surface area contributed by atoms with E-state index >= 15 is 0 Å². The van der Waals surface area contributed by atoms with Crippen molar-refractivity contribution < 1.29 is 0 Å². The van der Waals surface area contributed by atoms with E-state index in [1.807, 2.05) is 18.2 Å². The molecule has 0 amide bonds. The highest BCUT2D eigenvalue weighted by atomic mass is 14.9. The lowest BCUT2D eigenvalue weighted by Crippen LogP contribution is -2.16. The molecule has 15 heavy (non-hydrogen) atoms. The molecule has 1 aliphatic rings. The van der Waals surface area contributed by atoms with E-state index in [1.165, 1.54) is 25.7 Å². The van der Waals surface area contributed by atoms with Crippen LogP contribution in [0.2, 0.25) is 0 Å². The zero-order valence-corrected chi connectivity index (χ0v) is 9.00. The van der Waals surface area contributed by atoms with E-state index in [1.54, 1.807) is 0 Å². The number of nitrogens with one attached hydrogen (secondary N) is 1. The maximum atomic E-state index is 5.73. The first-order valence-electron chi connectivity index (χ1n) is 5.64. The van der Waals surface area contributed by atoms with E-state index in [4.69, 9.17) is 11.5 Å². The first-order valence-corrected chi connectivity index (χ1v) is 5.64. The van der Waals surface area contributed by atoms with Crippen LogP contribution in [0.3, 0.4) is 0 Å². The van der Waals surface area contributed by atoms with Gasteiger partial charge in [-0.3, -0.25) is 0 Å². The third-order valence-corrected chi connectivity index (χ3v) is 3.06. The van der Waals surface area contributed by atoms with Crippen LogP contribution < -0.4 is 16.8 Å². The molecule has 0 unspecified atom stereocenters. The van der Waals surface area contributed by atoms with Gasteiger partial charge >= 0.3 is 0 Å². The van der Waals surface area contributed by atoms with Gasteiger partial charge in [-0.2, -0.15) is 0 Å². The first-order chi connectivity index (χ1) is 7.29. The fraction of sp³-hybridized carbons (Fsp3) is 0.500. The Balaban J connectivity index is 2.12. The molecule has 5 N–H and O–H groups in total. The molecule has 0 bridgehead atoms. The van der Waals surface area contributed by atoms with Crippen molar-refractivity contribution in [3.8, 4) is 0 Å². The quantitative estimate of drug-likeness (QED) is 0.662. The van der Waals surface area contributed by atoms with Crippen molar-refractivity contribution >= 4 is 11.4 Å². The van der Waals surface area contributed by atoms with Crippen LogP contribution in [0.4, 0.5) is 11.4 Å². The highest BCUT2D eigenvalue weighted by Gasteiger charge is 2.15. The molecule has 1 aromatic rings. The lowest BCUT2D eigenvalue weighted by Gasteiger charge is -2.16. The summed E-state index contributed by atoms with van der Waals surface area (Å²) in [6.07, 6.45) is 5.22. The van der Waals surface area contributed by atoms with Gasteiger partial charge in [0.25, 0.3) is 0 Å². The molecule has 1 saturated carbocycles. The zero-order chi connectivity index (χ0) is 10.7. The van der Waals surface area contributed by atoms with E-state index in [2.05, 4.69) is 5.32 Å². The second kappa shape index (κ2) is 4.53. The Morgan fingerprint density at radius 1 is 1.27 bits per heavy atom. The van der Waals surface area contributed by atoms with Crippen molar-refractivity contribution in [1.82, 2.24) is 0 Å². The number of nitrogen functional groups attached to an aromatic ring is 1. The minimum Gasteiger partial charge on any atom is -0.399 e. The highest BCUT2D eigenvalue weighted by molar-refractivity contribution is 5.58. The topological polar surface area (TPSA) is 64.1 Å². The summed E-state index contributed by atoms with van der Waals surface area (Å²) in [4.78, 5) is 0. The van der Waals surface area contributed by atoms with Crippen LogP contribution in [-0.4, -0.2) is 6.04 Å². The lowest BCUT2D eigenvalue weighted by atomic mass is 10.1. The van der Waals surface area contributed by atoms with Crippen LogP contribution in [-0.2, 0) is 6.54 Å². The summed E-state index contributed by atoms with van der Waals surface area (Å²) in [6.45, 7) is 0.542. The van der Waals surface area contributed by atoms with Crippen molar-refractivity contribution in [2.75, 3.05) is 11.1 Å².